The monoisotopic (exact) mass is 240 g/mol. The van der Waals surface area contributed by atoms with Gasteiger partial charge in [-0.25, -0.2) is 0 Å². The summed E-state index contributed by atoms with van der Waals surface area (Å²) in [7, 11) is 0. The highest BCUT2D eigenvalue weighted by Crippen LogP contribution is 1.94. The van der Waals surface area contributed by atoms with Gasteiger partial charge in [0.1, 0.15) is 0 Å². The molecule has 0 fully saturated rings. The Labute approximate surface area is 104 Å². The average molecular weight is 240 g/mol. The van der Waals surface area contributed by atoms with Gasteiger partial charge in [0.25, 0.3) is 0 Å². The summed E-state index contributed by atoms with van der Waals surface area (Å²) in [6.45, 7) is 9.88. The van der Waals surface area contributed by atoms with Crippen molar-refractivity contribution >= 4 is 11.8 Å². The maximum atomic E-state index is 11.3. The highest BCUT2D eigenvalue weighted by atomic mass is 16.2. The van der Waals surface area contributed by atoms with Crippen molar-refractivity contribution in [2.75, 3.05) is 26.2 Å². The van der Waals surface area contributed by atoms with Gasteiger partial charge in [0, 0.05) is 40.0 Å². The molecule has 0 aromatic rings. The van der Waals surface area contributed by atoms with E-state index < -0.39 is 0 Å². The molecule has 4 heteroatoms. The summed E-state index contributed by atoms with van der Waals surface area (Å²) in [5, 5.41) is 0. The van der Waals surface area contributed by atoms with E-state index in [0.29, 0.717) is 19.6 Å². The first-order valence-corrected chi connectivity index (χ1v) is 6.18. The first kappa shape index (κ1) is 15.7. The summed E-state index contributed by atoms with van der Waals surface area (Å²) in [5.74, 6) is 0.171. The van der Waals surface area contributed by atoms with Gasteiger partial charge in [-0.15, -0.1) is 0 Å². The summed E-state index contributed by atoms with van der Waals surface area (Å²) in [6, 6.07) is 0. The van der Waals surface area contributed by atoms with Crippen LogP contribution >= 0.6 is 0 Å². The van der Waals surface area contributed by atoms with Crippen LogP contribution in [-0.2, 0) is 9.59 Å². The number of nitrogens with zero attached hydrogens (tertiary/aromatic N) is 2. The fraction of sp³-hybridized carbons (Fsp3) is 0.692. The predicted octanol–water partition coefficient (Wildman–Crippen LogP) is 1.67. The van der Waals surface area contributed by atoms with E-state index in [1.807, 2.05) is 26.0 Å². The molecule has 0 bridgehead atoms. The molecule has 0 radical (unpaired) electrons. The molecule has 17 heavy (non-hydrogen) atoms. The summed E-state index contributed by atoms with van der Waals surface area (Å²) in [6.07, 6.45) is 4.85. The number of likely N-dealkylation sites (N-methyl/N-ethyl adjacent to an activating group) is 1. The second-order valence-electron chi connectivity index (χ2n) is 3.99. The van der Waals surface area contributed by atoms with Gasteiger partial charge in [-0.05, 0) is 13.3 Å². The Bertz CT molecular complexity index is 275. The maximum absolute atomic E-state index is 11.3. The molecular weight excluding hydrogens is 216 g/mol. The lowest BCUT2D eigenvalue weighted by molar-refractivity contribution is -0.129. The van der Waals surface area contributed by atoms with E-state index >= 15 is 0 Å². The third-order valence-corrected chi connectivity index (χ3v) is 2.58. The second-order valence-corrected chi connectivity index (χ2v) is 3.99. The van der Waals surface area contributed by atoms with Crippen LogP contribution < -0.4 is 0 Å². The SMILES string of the molecule is CCCN(C/C=C/CN(CC)C(C)=O)C(C)=O. The molecule has 0 unspecified atom stereocenters. The molecule has 0 heterocycles. The molecule has 0 aliphatic carbocycles. The molecule has 0 spiro atoms. The fourth-order valence-corrected chi connectivity index (χ4v) is 1.53. The normalized spacial score (nSPS) is 10.6. The zero-order valence-corrected chi connectivity index (χ0v) is 11.4. The van der Waals surface area contributed by atoms with Crippen molar-refractivity contribution in [3.05, 3.63) is 12.2 Å². The molecule has 0 rings (SSSR count). The van der Waals surface area contributed by atoms with Gasteiger partial charge in [-0.1, -0.05) is 19.1 Å². The Morgan fingerprint density at radius 2 is 1.41 bits per heavy atom. The lowest BCUT2D eigenvalue weighted by Gasteiger charge is -2.19. The van der Waals surface area contributed by atoms with E-state index in [4.69, 9.17) is 0 Å². The van der Waals surface area contributed by atoms with Crippen molar-refractivity contribution < 1.29 is 9.59 Å². The summed E-state index contributed by atoms with van der Waals surface area (Å²) >= 11 is 0. The predicted molar refractivity (Wildman–Crippen MR) is 69.6 cm³/mol. The average Bonchev–Trinajstić information content (AvgIpc) is 2.26. The van der Waals surface area contributed by atoms with Crippen molar-refractivity contribution in [2.45, 2.75) is 34.1 Å². The highest BCUT2D eigenvalue weighted by Gasteiger charge is 2.05. The molecule has 0 aliphatic rings. The molecular formula is C13H24N2O2. The third-order valence-electron chi connectivity index (χ3n) is 2.58. The van der Waals surface area contributed by atoms with Crippen LogP contribution in [0.3, 0.4) is 0 Å². The largest absolute Gasteiger partial charge is 0.339 e. The van der Waals surface area contributed by atoms with Gasteiger partial charge in [0.2, 0.25) is 11.8 Å². The fourth-order valence-electron chi connectivity index (χ4n) is 1.53. The van der Waals surface area contributed by atoms with Crippen molar-refractivity contribution in [1.29, 1.82) is 0 Å². The van der Waals surface area contributed by atoms with Crippen molar-refractivity contribution in [1.82, 2.24) is 9.80 Å². The summed E-state index contributed by atoms with van der Waals surface area (Å²) in [4.78, 5) is 25.9. The molecule has 0 atom stereocenters. The third kappa shape index (κ3) is 6.76. The second kappa shape index (κ2) is 8.79. The minimum absolute atomic E-state index is 0.0779. The van der Waals surface area contributed by atoms with Crippen LogP contribution in [0, 0.1) is 0 Å². The molecule has 0 N–H and O–H groups in total. The van der Waals surface area contributed by atoms with E-state index in [2.05, 4.69) is 0 Å². The minimum Gasteiger partial charge on any atom is -0.339 e. The number of hydrogen-bond donors (Lipinski definition) is 0. The van der Waals surface area contributed by atoms with Crippen LogP contribution in [0.25, 0.3) is 0 Å². The summed E-state index contributed by atoms with van der Waals surface area (Å²) < 4.78 is 0. The Kier molecular flexibility index (Phi) is 8.11. The van der Waals surface area contributed by atoms with Crippen LogP contribution in [0.4, 0.5) is 0 Å². The number of carbonyl (C=O) groups is 2. The van der Waals surface area contributed by atoms with Gasteiger partial charge < -0.3 is 9.80 Å². The maximum Gasteiger partial charge on any atom is 0.219 e. The zero-order valence-electron chi connectivity index (χ0n) is 11.4. The van der Waals surface area contributed by atoms with E-state index in [1.54, 1.807) is 23.6 Å². The number of hydrogen-bond acceptors (Lipinski definition) is 2. The topological polar surface area (TPSA) is 40.6 Å². The van der Waals surface area contributed by atoms with Crippen LogP contribution in [0.5, 0.6) is 0 Å². The highest BCUT2D eigenvalue weighted by molar-refractivity contribution is 5.73. The molecule has 0 aliphatic heterocycles. The van der Waals surface area contributed by atoms with Crippen LogP contribution in [0.2, 0.25) is 0 Å². The number of rotatable bonds is 7. The quantitative estimate of drug-likeness (QED) is 0.635. The standard InChI is InChI=1S/C13H24N2O2/c1-5-9-15(13(4)17)11-8-7-10-14(6-2)12(3)16/h7-8H,5-6,9-11H2,1-4H3/b8-7+. The molecule has 0 aromatic heterocycles. The molecule has 0 saturated heterocycles. The molecule has 4 nitrogen and oxygen atoms in total. The van der Waals surface area contributed by atoms with E-state index in [9.17, 15) is 9.59 Å². The van der Waals surface area contributed by atoms with Gasteiger partial charge in [0.05, 0.1) is 0 Å². The Morgan fingerprint density at radius 1 is 0.941 bits per heavy atom. The molecule has 0 saturated carbocycles. The molecule has 0 aromatic carbocycles. The minimum atomic E-state index is 0.0779. The number of carbonyl (C=O) groups excluding carboxylic acids is 2. The van der Waals surface area contributed by atoms with Gasteiger partial charge >= 0.3 is 0 Å². The van der Waals surface area contributed by atoms with Gasteiger partial charge in [0.15, 0.2) is 0 Å². The van der Waals surface area contributed by atoms with E-state index in [1.165, 1.54) is 0 Å². The van der Waals surface area contributed by atoms with Gasteiger partial charge in [-0.3, -0.25) is 9.59 Å². The molecule has 2 amide bonds. The lowest BCUT2D eigenvalue weighted by Crippen LogP contribution is -2.30. The van der Waals surface area contributed by atoms with Crippen molar-refractivity contribution in [3.8, 4) is 0 Å². The van der Waals surface area contributed by atoms with Crippen LogP contribution in [0.15, 0.2) is 12.2 Å². The Balaban J connectivity index is 4.07. The molecule has 98 valence electrons. The first-order chi connectivity index (χ1) is 8.02. The lowest BCUT2D eigenvalue weighted by atomic mass is 10.3. The van der Waals surface area contributed by atoms with Gasteiger partial charge in [-0.2, -0.15) is 0 Å². The zero-order chi connectivity index (χ0) is 13.3. The van der Waals surface area contributed by atoms with E-state index in [0.717, 1.165) is 13.0 Å². The Hall–Kier alpha value is -1.32. The van der Waals surface area contributed by atoms with Crippen molar-refractivity contribution in [3.63, 3.8) is 0 Å². The number of amides is 2. The van der Waals surface area contributed by atoms with Crippen LogP contribution in [-0.4, -0.2) is 47.8 Å². The summed E-state index contributed by atoms with van der Waals surface area (Å²) in [5.41, 5.74) is 0. The van der Waals surface area contributed by atoms with E-state index in [-0.39, 0.29) is 11.8 Å². The van der Waals surface area contributed by atoms with Crippen LogP contribution in [0.1, 0.15) is 34.1 Å². The first-order valence-electron chi connectivity index (χ1n) is 6.18. The Morgan fingerprint density at radius 3 is 1.76 bits per heavy atom. The van der Waals surface area contributed by atoms with Crippen molar-refractivity contribution in [2.24, 2.45) is 0 Å². The smallest absolute Gasteiger partial charge is 0.219 e.